The van der Waals surface area contributed by atoms with Gasteiger partial charge in [-0.1, -0.05) is 18.2 Å². The van der Waals surface area contributed by atoms with Gasteiger partial charge in [-0.05, 0) is 25.5 Å². The van der Waals surface area contributed by atoms with Crippen LogP contribution >= 0.6 is 0 Å². The highest BCUT2D eigenvalue weighted by Gasteiger charge is 2.28. The number of nitrogens with zero attached hydrogens (tertiary/aromatic N) is 1. The summed E-state index contributed by atoms with van der Waals surface area (Å²) in [7, 11) is 0. The highest BCUT2D eigenvalue weighted by Crippen LogP contribution is 2.15. The van der Waals surface area contributed by atoms with Crippen LogP contribution in [0.4, 0.5) is 0 Å². The molecule has 1 heterocycles. The van der Waals surface area contributed by atoms with Crippen molar-refractivity contribution in [3.05, 3.63) is 30.3 Å². The Kier molecular flexibility index (Phi) is 3.64. The molecule has 0 aromatic heterocycles. The van der Waals surface area contributed by atoms with Crippen LogP contribution in [0.3, 0.4) is 0 Å². The number of para-hydroxylation sites is 1. The minimum absolute atomic E-state index is 0.0644. The van der Waals surface area contributed by atoms with Crippen LogP contribution in [0.2, 0.25) is 0 Å². The van der Waals surface area contributed by atoms with E-state index in [0.29, 0.717) is 25.3 Å². The number of amides is 1. The summed E-state index contributed by atoms with van der Waals surface area (Å²) in [6, 6.07) is 9.28. The van der Waals surface area contributed by atoms with Gasteiger partial charge in [-0.2, -0.15) is 0 Å². The van der Waals surface area contributed by atoms with E-state index >= 15 is 0 Å². The van der Waals surface area contributed by atoms with Crippen molar-refractivity contribution >= 4 is 5.91 Å². The largest absolute Gasteiger partial charge is 0.481 e. The first-order valence-corrected chi connectivity index (χ1v) is 5.85. The van der Waals surface area contributed by atoms with Gasteiger partial charge in [0.15, 0.2) is 6.10 Å². The lowest BCUT2D eigenvalue weighted by atomic mass is 10.3. The van der Waals surface area contributed by atoms with Crippen molar-refractivity contribution in [2.45, 2.75) is 25.6 Å². The van der Waals surface area contributed by atoms with Gasteiger partial charge in [-0.3, -0.25) is 4.79 Å². The molecule has 0 bridgehead atoms. The summed E-state index contributed by atoms with van der Waals surface area (Å²) >= 11 is 0. The Morgan fingerprint density at radius 2 is 2.18 bits per heavy atom. The highest BCUT2D eigenvalue weighted by molar-refractivity contribution is 5.81. The molecule has 4 nitrogen and oxygen atoms in total. The normalized spacial score (nSPS) is 21.3. The zero-order chi connectivity index (χ0) is 12.3. The maximum absolute atomic E-state index is 12.0. The molecule has 1 aromatic carbocycles. The number of likely N-dealkylation sites (tertiary alicyclic amines) is 1. The maximum Gasteiger partial charge on any atom is 0.263 e. The van der Waals surface area contributed by atoms with Crippen LogP contribution in [-0.2, 0) is 4.79 Å². The molecular formula is C13H17NO3. The van der Waals surface area contributed by atoms with Gasteiger partial charge in [0.1, 0.15) is 5.75 Å². The zero-order valence-corrected chi connectivity index (χ0v) is 9.87. The summed E-state index contributed by atoms with van der Waals surface area (Å²) < 4.78 is 5.55. The van der Waals surface area contributed by atoms with Gasteiger partial charge in [0, 0.05) is 13.1 Å². The lowest BCUT2D eigenvalue weighted by Gasteiger charge is -2.21. The fourth-order valence-electron chi connectivity index (χ4n) is 1.95. The topological polar surface area (TPSA) is 49.8 Å². The second-order valence-corrected chi connectivity index (χ2v) is 4.30. The predicted octanol–water partition coefficient (Wildman–Crippen LogP) is 1.05. The number of ether oxygens (including phenoxy) is 1. The summed E-state index contributed by atoms with van der Waals surface area (Å²) in [4.78, 5) is 13.6. The van der Waals surface area contributed by atoms with Crippen molar-refractivity contribution in [1.29, 1.82) is 0 Å². The van der Waals surface area contributed by atoms with Crippen molar-refractivity contribution in [3.8, 4) is 5.75 Å². The SMILES string of the molecule is C[C@@H](Oc1ccccc1)C(=O)N1CC[C@H](O)C1. The van der Waals surface area contributed by atoms with Gasteiger partial charge in [-0.25, -0.2) is 0 Å². The molecule has 2 rings (SSSR count). The maximum atomic E-state index is 12.0. The number of β-amino-alcohol motifs (C(OH)–C–C–N with tert-alkyl or cyclic N) is 1. The smallest absolute Gasteiger partial charge is 0.263 e. The quantitative estimate of drug-likeness (QED) is 0.852. The van der Waals surface area contributed by atoms with E-state index in [2.05, 4.69) is 0 Å². The summed E-state index contributed by atoms with van der Waals surface area (Å²) in [5.74, 6) is 0.624. The fraction of sp³-hybridized carbons (Fsp3) is 0.462. The van der Waals surface area contributed by atoms with Crippen LogP contribution in [0.5, 0.6) is 5.75 Å². The lowest BCUT2D eigenvalue weighted by Crippen LogP contribution is -2.39. The van der Waals surface area contributed by atoms with Crippen molar-refractivity contribution < 1.29 is 14.6 Å². The highest BCUT2D eigenvalue weighted by atomic mass is 16.5. The van der Waals surface area contributed by atoms with E-state index in [1.807, 2.05) is 30.3 Å². The van der Waals surface area contributed by atoms with Crippen LogP contribution in [0.1, 0.15) is 13.3 Å². The minimum Gasteiger partial charge on any atom is -0.481 e. The number of aliphatic hydroxyl groups is 1. The summed E-state index contributed by atoms with van der Waals surface area (Å²) in [5, 5.41) is 9.39. The van der Waals surface area contributed by atoms with Gasteiger partial charge in [0.25, 0.3) is 5.91 Å². The van der Waals surface area contributed by atoms with Gasteiger partial charge in [0.05, 0.1) is 6.10 Å². The van der Waals surface area contributed by atoms with E-state index in [1.165, 1.54) is 0 Å². The molecule has 1 N–H and O–H groups in total. The summed E-state index contributed by atoms with van der Waals surface area (Å²) in [6.45, 7) is 2.77. The molecule has 0 radical (unpaired) electrons. The van der Waals surface area contributed by atoms with Crippen LogP contribution in [0.25, 0.3) is 0 Å². The number of hydrogen-bond donors (Lipinski definition) is 1. The molecule has 0 aliphatic carbocycles. The minimum atomic E-state index is -0.511. The molecule has 1 aromatic rings. The Morgan fingerprint density at radius 1 is 1.47 bits per heavy atom. The van der Waals surface area contributed by atoms with Crippen LogP contribution in [0, 0.1) is 0 Å². The Morgan fingerprint density at radius 3 is 2.76 bits per heavy atom. The molecular weight excluding hydrogens is 218 g/mol. The van der Waals surface area contributed by atoms with Crippen molar-refractivity contribution in [3.63, 3.8) is 0 Å². The molecule has 17 heavy (non-hydrogen) atoms. The molecule has 1 fully saturated rings. The van der Waals surface area contributed by atoms with Crippen molar-refractivity contribution in [2.24, 2.45) is 0 Å². The second kappa shape index (κ2) is 5.19. The number of carbonyl (C=O) groups is 1. The average Bonchev–Trinajstić information content (AvgIpc) is 2.76. The first kappa shape index (κ1) is 11.9. The number of carbonyl (C=O) groups excluding carboxylic acids is 1. The summed E-state index contributed by atoms with van der Waals surface area (Å²) in [5.41, 5.74) is 0. The van der Waals surface area contributed by atoms with Crippen molar-refractivity contribution in [1.82, 2.24) is 4.90 Å². The lowest BCUT2D eigenvalue weighted by molar-refractivity contribution is -0.137. The molecule has 92 valence electrons. The predicted molar refractivity (Wildman–Crippen MR) is 63.7 cm³/mol. The molecule has 1 saturated heterocycles. The number of benzene rings is 1. The van der Waals surface area contributed by atoms with E-state index in [-0.39, 0.29) is 12.0 Å². The Labute approximate surface area is 101 Å². The molecule has 0 unspecified atom stereocenters. The molecule has 2 atom stereocenters. The van der Waals surface area contributed by atoms with Crippen LogP contribution < -0.4 is 4.74 Å². The first-order chi connectivity index (χ1) is 8.16. The van der Waals surface area contributed by atoms with E-state index < -0.39 is 6.10 Å². The molecule has 0 saturated carbocycles. The number of rotatable bonds is 3. The number of hydrogen-bond acceptors (Lipinski definition) is 3. The molecule has 1 aliphatic heterocycles. The average molecular weight is 235 g/mol. The zero-order valence-electron chi connectivity index (χ0n) is 9.87. The van der Waals surface area contributed by atoms with Gasteiger partial charge in [0.2, 0.25) is 0 Å². The molecule has 4 heteroatoms. The second-order valence-electron chi connectivity index (χ2n) is 4.30. The van der Waals surface area contributed by atoms with Gasteiger partial charge < -0.3 is 14.7 Å². The molecule has 0 spiro atoms. The van der Waals surface area contributed by atoms with E-state index in [9.17, 15) is 9.90 Å². The third-order valence-corrected chi connectivity index (χ3v) is 2.88. The van der Waals surface area contributed by atoms with Crippen LogP contribution in [-0.4, -0.2) is 41.2 Å². The first-order valence-electron chi connectivity index (χ1n) is 5.85. The standard InChI is InChI=1S/C13H17NO3/c1-10(17-12-5-3-2-4-6-12)13(16)14-8-7-11(15)9-14/h2-6,10-11,15H,7-9H2,1H3/t10-,11+/m1/s1. The molecule has 1 amide bonds. The van der Waals surface area contributed by atoms with E-state index in [0.717, 1.165) is 0 Å². The third kappa shape index (κ3) is 2.97. The van der Waals surface area contributed by atoms with Gasteiger partial charge in [-0.15, -0.1) is 0 Å². The number of aliphatic hydroxyl groups excluding tert-OH is 1. The third-order valence-electron chi connectivity index (χ3n) is 2.88. The van der Waals surface area contributed by atoms with E-state index in [4.69, 9.17) is 4.74 Å². The summed E-state index contributed by atoms with van der Waals surface area (Å²) in [6.07, 6.45) is -0.241. The van der Waals surface area contributed by atoms with Crippen LogP contribution in [0.15, 0.2) is 30.3 Å². The van der Waals surface area contributed by atoms with E-state index in [1.54, 1.807) is 11.8 Å². The fourth-order valence-corrected chi connectivity index (χ4v) is 1.95. The Hall–Kier alpha value is -1.55. The Balaban J connectivity index is 1.92. The van der Waals surface area contributed by atoms with Gasteiger partial charge >= 0.3 is 0 Å². The Bertz CT molecular complexity index is 380. The van der Waals surface area contributed by atoms with Crippen molar-refractivity contribution in [2.75, 3.05) is 13.1 Å². The molecule has 1 aliphatic rings. The monoisotopic (exact) mass is 235 g/mol.